The molecular weight excluding hydrogens is 214 g/mol. The first-order valence-corrected chi connectivity index (χ1v) is 4.78. The topological polar surface area (TPSA) is 68.0 Å². The molecule has 1 amide bonds. The Kier molecular flexibility index (Phi) is 3.91. The Morgan fingerprint density at radius 3 is 2.67 bits per heavy atom. The fraction of sp³-hybridized carbons (Fsp3) is 0.400. The second-order valence-corrected chi connectivity index (χ2v) is 3.59. The zero-order chi connectivity index (χ0) is 9.97. The number of carbonyl (C=O) groups is 1. The van der Waals surface area contributed by atoms with Gasteiger partial charge in [-0.2, -0.15) is 0 Å². The summed E-state index contributed by atoms with van der Waals surface area (Å²) in [6.45, 7) is 0. The summed E-state index contributed by atoms with van der Waals surface area (Å²) in [6.07, 6.45) is 4.76. The van der Waals surface area contributed by atoms with Crippen molar-refractivity contribution in [1.82, 2.24) is 4.98 Å². The molecule has 82 valence electrons. The van der Waals surface area contributed by atoms with E-state index in [1.165, 1.54) is 0 Å². The minimum Gasteiger partial charge on any atom is -0.384 e. The molecule has 1 saturated carbocycles. The van der Waals surface area contributed by atoms with Gasteiger partial charge in [-0.05, 0) is 25.0 Å². The van der Waals surface area contributed by atoms with Crippen LogP contribution in [0, 0.1) is 5.92 Å². The fourth-order valence-electron chi connectivity index (χ4n) is 1.39. The monoisotopic (exact) mass is 227 g/mol. The Bertz CT molecular complexity index is 335. The zero-order valence-electron chi connectivity index (χ0n) is 8.27. The molecule has 1 heterocycles. The number of pyridine rings is 1. The number of hydrogen-bond donors (Lipinski definition) is 2. The molecule has 1 aromatic rings. The van der Waals surface area contributed by atoms with Crippen molar-refractivity contribution in [1.29, 1.82) is 0 Å². The maximum Gasteiger partial charge on any atom is 0.227 e. The van der Waals surface area contributed by atoms with Gasteiger partial charge in [-0.25, -0.2) is 4.98 Å². The van der Waals surface area contributed by atoms with Crippen LogP contribution >= 0.6 is 12.4 Å². The number of amides is 1. The van der Waals surface area contributed by atoms with Crippen molar-refractivity contribution in [3.63, 3.8) is 0 Å². The van der Waals surface area contributed by atoms with Gasteiger partial charge in [-0.3, -0.25) is 4.79 Å². The van der Waals surface area contributed by atoms with E-state index in [1.54, 1.807) is 18.3 Å². The first-order chi connectivity index (χ1) is 6.75. The molecule has 0 aromatic carbocycles. The van der Waals surface area contributed by atoms with Crippen LogP contribution in [0.4, 0.5) is 11.5 Å². The molecule has 0 unspecified atom stereocenters. The Morgan fingerprint density at radius 2 is 2.20 bits per heavy atom. The van der Waals surface area contributed by atoms with E-state index in [0.717, 1.165) is 24.9 Å². The average molecular weight is 228 g/mol. The number of aromatic nitrogens is 1. The van der Waals surface area contributed by atoms with E-state index in [9.17, 15) is 4.79 Å². The van der Waals surface area contributed by atoms with E-state index in [0.29, 0.717) is 5.82 Å². The predicted octanol–water partition coefficient (Wildman–Crippen LogP) is 1.82. The molecule has 5 heteroatoms. The molecule has 0 bridgehead atoms. The van der Waals surface area contributed by atoms with E-state index in [1.807, 2.05) is 0 Å². The van der Waals surface area contributed by atoms with Gasteiger partial charge in [-0.1, -0.05) is 6.42 Å². The smallest absolute Gasteiger partial charge is 0.227 e. The summed E-state index contributed by atoms with van der Waals surface area (Å²) >= 11 is 0. The van der Waals surface area contributed by atoms with E-state index in [2.05, 4.69) is 10.3 Å². The van der Waals surface area contributed by atoms with Crippen LogP contribution in [-0.2, 0) is 4.79 Å². The number of nitrogens with two attached hydrogens (primary N) is 1. The van der Waals surface area contributed by atoms with Crippen LogP contribution in [0.25, 0.3) is 0 Å². The number of nitrogen functional groups attached to an aromatic ring is 1. The van der Waals surface area contributed by atoms with Crippen LogP contribution in [0.2, 0.25) is 0 Å². The van der Waals surface area contributed by atoms with Crippen LogP contribution < -0.4 is 11.1 Å². The van der Waals surface area contributed by atoms with Gasteiger partial charge >= 0.3 is 0 Å². The lowest BCUT2D eigenvalue weighted by Crippen LogP contribution is -2.28. The molecule has 1 fully saturated rings. The lowest BCUT2D eigenvalue weighted by molar-refractivity contribution is -0.122. The number of nitrogens with one attached hydrogen (secondary N) is 1. The van der Waals surface area contributed by atoms with Crippen LogP contribution in [-0.4, -0.2) is 10.9 Å². The van der Waals surface area contributed by atoms with Crippen molar-refractivity contribution >= 4 is 29.8 Å². The van der Waals surface area contributed by atoms with Crippen molar-refractivity contribution in [3.8, 4) is 0 Å². The largest absolute Gasteiger partial charge is 0.384 e. The van der Waals surface area contributed by atoms with Crippen LogP contribution in [0.5, 0.6) is 0 Å². The highest BCUT2D eigenvalue weighted by atomic mass is 35.5. The Labute approximate surface area is 94.7 Å². The van der Waals surface area contributed by atoms with Gasteiger partial charge in [0.25, 0.3) is 0 Å². The molecule has 0 radical (unpaired) electrons. The molecule has 2 rings (SSSR count). The first kappa shape index (κ1) is 11.8. The second kappa shape index (κ2) is 4.98. The molecule has 1 aromatic heterocycles. The van der Waals surface area contributed by atoms with E-state index < -0.39 is 0 Å². The van der Waals surface area contributed by atoms with E-state index >= 15 is 0 Å². The number of nitrogens with zero attached hydrogens (tertiary/aromatic N) is 1. The molecular formula is C10H14ClN3O. The van der Waals surface area contributed by atoms with Gasteiger partial charge in [0.2, 0.25) is 5.91 Å². The van der Waals surface area contributed by atoms with Crippen molar-refractivity contribution in [3.05, 3.63) is 18.3 Å². The lowest BCUT2D eigenvalue weighted by atomic mass is 9.85. The molecule has 0 saturated heterocycles. The number of hydrogen-bond acceptors (Lipinski definition) is 3. The number of carbonyl (C=O) groups excluding carboxylic acids is 1. The van der Waals surface area contributed by atoms with Crippen molar-refractivity contribution in [2.45, 2.75) is 19.3 Å². The quantitative estimate of drug-likeness (QED) is 0.810. The summed E-state index contributed by atoms with van der Waals surface area (Å²) in [5, 5.41) is 2.81. The van der Waals surface area contributed by atoms with Gasteiger partial charge in [0.15, 0.2) is 0 Å². The molecule has 3 N–H and O–H groups in total. The Morgan fingerprint density at radius 1 is 1.47 bits per heavy atom. The number of anilines is 2. The fourth-order valence-corrected chi connectivity index (χ4v) is 1.39. The highest BCUT2D eigenvalue weighted by molar-refractivity contribution is 5.92. The van der Waals surface area contributed by atoms with Crippen molar-refractivity contribution in [2.24, 2.45) is 5.92 Å². The SMILES string of the molecule is Cl.Nc1ccc(NC(=O)C2CCC2)cn1. The van der Waals surface area contributed by atoms with E-state index in [4.69, 9.17) is 5.73 Å². The molecule has 15 heavy (non-hydrogen) atoms. The maximum atomic E-state index is 11.5. The molecule has 0 atom stereocenters. The predicted molar refractivity (Wildman–Crippen MR) is 61.9 cm³/mol. The number of rotatable bonds is 2. The molecule has 1 aliphatic carbocycles. The van der Waals surface area contributed by atoms with Gasteiger partial charge in [0.1, 0.15) is 5.82 Å². The molecule has 0 aliphatic heterocycles. The summed E-state index contributed by atoms with van der Waals surface area (Å²) in [7, 11) is 0. The minimum atomic E-state index is 0. The van der Waals surface area contributed by atoms with Gasteiger partial charge in [-0.15, -0.1) is 12.4 Å². The third-order valence-corrected chi connectivity index (χ3v) is 2.53. The minimum absolute atomic E-state index is 0. The van der Waals surface area contributed by atoms with Gasteiger partial charge < -0.3 is 11.1 Å². The van der Waals surface area contributed by atoms with Crippen molar-refractivity contribution in [2.75, 3.05) is 11.1 Å². The van der Waals surface area contributed by atoms with E-state index in [-0.39, 0.29) is 24.2 Å². The van der Waals surface area contributed by atoms with Crippen molar-refractivity contribution < 1.29 is 4.79 Å². The second-order valence-electron chi connectivity index (χ2n) is 3.59. The summed E-state index contributed by atoms with van der Waals surface area (Å²) < 4.78 is 0. The molecule has 4 nitrogen and oxygen atoms in total. The average Bonchev–Trinajstić information content (AvgIpc) is 2.06. The molecule has 1 aliphatic rings. The summed E-state index contributed by atoms with van der Waals surface area (Å²) in [6, 6.07) is 3.44. The summed E-state index contributed by atoms with van der Waals surface area (Å²) in [4.78, 5) is 15.4. The summed E-state index contributed by atoms with van der Waals surface area (Å²) in [5.41, 5.74) is 6.15. The van der Waals surface area contributed by atoms with Crippen LogP contribution in [0.1, 0.15) is 19.3 Å². The third-order valence-electron chi connectivity index (χ3n) is 2.53. The van der Waals surface area contributed by atoms with Crippen LogP contribution in [0.15, 0.2) is 18.3 Å². The lowest BCUT2D eigenvalue weighted by Gasteiger charge is -2.23. The standard InChI is InChI=1S/C10H13N3O.ClH/c11-9-5-4-8(6-12-9)13-10(14)7-2-1-3-7;/h4-7H,1-3H2,(H2,11,12)(H,13,14);1H. The third kappa shape index (κ3) is 2.83. The van der Waals surface area contributed by atoms with Gasteiger partial charge in [0, 0.05) is 5.92 Å². The highest BCUT2D eigenvalue weighted by Crippen LogP contribution is 2.27. The van der Waals surface area contributed by atoms with Crippen LogP contribution in [0.3, 0.4) is 0 Å². The molecule has 0 spiro atoms. The first-order valence-electron chi connectivity index (χ1n) is 4.78. The normalized spacial score (nSPS) is 14.9. The highest BCUT2D eigenvalue weighted by Gasteiger charge is 2.24. The number of halogens is 1. The van der Waals surface area contributed by atoms with Gasteiger partial charge in [0.05, 0.1) is 11.9 Å². The Hall–Kier alpha value is -1.29. The Balaban J connectivity index is 0.00000112. The zero-order valence-corrected chi connectivity index (χ0v) is 9.09. The maximum absolute atomic E-state index is 11.5. The summed E-state index contributed by atoms with van der Waals surface area (Å²) in [5.74, 6) is 0.766.